The summed E-state index contributed by atoms with van der Waals surface area (Å²) in [6, 6.07) is 11.4. The van der Waals surface area contributed by atoms with E-state index in [0.29, 0.717) is 35.3 Å². The van der Waals surface area contributed by atoms with Gasteiger partial charge >= 0.3 is 0 Å². The number of fused-ring (bicyclic) bond motifs is 1. The number of aliphatic hydroxyl groups excluding tert-OH is 1. The Labute approximate surface area is 179 Å². The quantitative estimate of drug-likeness (QED) is 0.558. The smallest absolute Gasteiger partial charge is 0.249 e. The van der Waals surface area contributed by atoms with Gasteiger partial charge in [0.25, 0.3) is 0 Å². The first kappa shape index (κ1) is 20.7. The first-order chi connectivity index (χ1) is 14.2. The summed E-state index contributed by atoms with van der Waals surface area (Å²) in [4.78, 5) is 10.1. The Bertz CT molecular complexity index is 1160. The molecule has 1 aliphatic rings. The molecule has 0 aliphatic heterocycles. The lowest BCUT2D eigenvalue weighted by molar-refractivity contribution is 0.113. The number of aromatic nitrogens is 2. The van der Waals surface area contributed by atoms with Crippen LogP contribution in [0, 0.1) is 12.8 Å². The van der Waals surface area contributed by atoms with E-state index in [4.69, 9.17) is 9.88 Å². The maximum Gasteiger partial charge on any atom is 0.249 e. The molecule has 0 bridgehead atoms. The second kappa shape index (κ2) is 7.95. The number of pyridine rings is 1. The molecule has 2 heterocycles. The van der Waals surface area contributed by atoms with Gasteiger partial charge in [0, 0.05) is 25.2 Å². The van der Waals surface area contributed by atoms with Crippen molar-refractivity contribution in [1.29, 1.82) is 0 Å². The van der Waals surface area contributed by atoms with Crippen molar-refractivity contribution >= 4 is 26.5 Å². The number of thiazole rings is 1. The number of rotatable bonds is 6. The van der Waals surface area contributed by atoms with E-state index in [1.54, 1.807) is 31.1 Å². The molecule has 158 valence electrons. The topological polar surface area (TPSA) is 119 Å². The second-order valence-corrected chi connectivity index (χ2v) is 10.0. The van der Waals surface area contributed by atoms with Gasteiger partial charge in [0.2, 0.25) is 15.9 Å². The van der Waals surface area contributed by atoms with Crippen molar-refractivity contribution in [3.63, 3.8) is 0 Å². The number of hydrogen-bond donors (Lipinski definition) is 2. The molecule has 30 heavy (non-hydrogen) atoms. The van der Waals surface area contributed by atoms with E-state index in [2.05, 4.69) is 9.97 Å². The first-order valence-electron chi connectivity index (χ1n) is 9.34. The second-order valence-electron chi connectivity index (χ2n) is 7.31. The minimum Gasteiger partial charge on any atom is -0.439 e. The molecule has 2 atom stereocenters. The molecule has 2 aromatic heterocycles. The normalized spacial score (nSPS) is 16.9. The van der Waals surface area contributed by atoms with Crippen molar-refractivity contribution < 1.29 is 18.3 Å². The van der Waals surface area contributed by atoms with Crippen molar-refractivity contribution in [2.24, 2.45) is 11.1 Å². The van der Waals surface area contributed by atoms with Crippen molar-refractivity contribution in [2.45, 2.75) is 30.2 Å². The van der Waals surface area contributed by atoms with E-state index in [1.807, 2.05) is 30.3 Å². The fourth-order valence-corrected chi connectivity index (χ4v) is 5.58. The van der Waals surface area contributed by atoms with Crippen LogP contribution in [0.15, 0.2) is 46.8 Å². The highest BCUT2D eigenvalue weighted by atomic mass is 32.2. The third-order valence-corrected chi connectivity index (χ3v) is 7.93. The van der Waals surface area contributed by atoms with Crippen LogP contribution in [0.2, 0.25) is 0 Å². The van der Waals surface area contributed by atoms with Crippen molar-refractivity contribution in [3.05, 3.63) is 59.4 Å². The molecule has 4 rings (SSSR count). The number of aryl methyl sites for hydroxylation is 1. The molecule has 1 aromatic carbocycles. The molecule has 2 unspecified atom stereocenters. The fraction of sp³-hybridized carbons (Fsp3) is 0.300. The average Bonchev–Trinajstić information content (AvgIpc) is 3.30. The average molecular weight is 447 g/mol. The molecule has 0 radical (unpaired) electrons. The van der Waals surface area contributed by atoms with Gasteiger partial charge in [0.05, 0.1) is 5.69 Å². The highest BCUT2D eigenvalue weighted by molar-refractivity contribution is 7.91. The molecule has 0 fully saturated rings. The number of benzene rings is 1. The summed E-state index contributed by atoms with van der Waals surface area (Å²) < 4.78 is 29.2. The Kier molecular flexibility index (Phi) is 5.49. The number of primary sulfonamides is 1. The van der Waals surface area contributed by atoms with Crippen LogP contribution in [0.1, 0.15) is 16.8 Å². The molecule has 0 saturated carbocycles. The van der Waals surface area contributed by atoms with Crippen LogP contribution in [-0.2, 0) is 22.9 Å². The molecular formula is C20H22N4O4S2. The lowest BCUT2D eigenvalue weighted by Crippen LogP contribution is -2.38. The monoisotopic (exact) mass is 446 g/mol. The van der Waals surface area contributed by atoms with Crippen LogP contribution < -0.4 is 14.8 Å². The molecule has 8 nitrogen and oxygen atoms in total. The summed E-state index contributed by atoms with van der Waals surface area (Å²) in [5, 5.41) is 16.6. The number of nitrogens with zero attached hydrogens (tertiary/aromatic N) is 3. The van der Waals surface area contributed by atoms with Crippen molar-refractivity contribution in [3.8, 4) is 11.6 Å². The SMILES string of the molecule is Cc1nc(N(C)C(O)C2Cc3ccc(Oc4ccccn4)cc3C2)sc1S(N)(=O)=O. The predicted molar refractivity (Wildman–Crippen MR) is 114 cm³/mol. The zero-order chi connectivity index (χ0) is 21.5. The minimum atomic E-state index is -3.84. The highest BCUT2D eigenvalue weighted by Gasteiger charge is 2.32. The Balaban J connectivity index is 1.48. The highest BCUT2D eigenvalue weighted by Crippen LogP contribution is 2.36. The molecule has 0 amide bonds. The standard InChI is InChI=1S/C20H22N4O4S2/c1-12-19(30(21,26)27)29-20(23-12)24(2)18(25)15-9-13-6-7-16(11-14(13)10-15)28-17-5-3-4-8-22-17/h3-8,11,15,18,25H,9-10H2,1-2H3,(H2,21,26,27). The van der Waals surface area contributed by atoms with Gasteiger partial charge in [0.15, 0.2) is 9.34 Å². The molecule has 0 saturated heterocycles. The zero-order valence-electron chi connectivity index (χ0n) is 16.5. The lowest BCUT2D eigenvalue weighted by atomic mass is 10.0. The van der Waals surface area contributed by atoms with Crippen LogP contribution in [0.3, 0.4) is 0 Å². The predicted octanol–water partition coefficient (Wildman–Crippen LogP) is 2.46. The number of ether oxygens (including phenoxy) is 1. The molecular weight excluding hydrogens is 424 g/mol. The maximum atomic E-state index is 11.7. The van der Waals surface area contributed by atoms with Crippen molar-refractivity contribution in [2.75, 3.05) is 11.9 Å². The number of nitrogens with two attached hydrogens (primary N) is 1. The molecule has 3 N–H and O–H groups in total. The van der Waals surface area contributed by atoms with Gasteiger partial charge in [-0.05, 0) is 49.1 Å². The van der Waals surface area contributed by atoms with Crippen LogP contribution in [0.25, 0.3) is 0 Å². The molecule has 10 heteroatoms. The van der Waals surface area contributed by atoms with Crippen LogP contribution in [-0.4, -0.2) is 36.8 Å². The number of hydrogen-bond acceptors (Lipinski definition) is 8. The van der Waals surface area contributed by atoms with Gasteiger partial charge in [-0.2, -0.15) is 0 Å². The van der Waals surface area contributed by atoms with E-state index in [-0.39, 0.29) is 10.1 Å². The largest absolute Gasteiger partial charge is 0.439 e. The lowest BCUT2D eigenvalue weighted by Gasteiger charge is -2.27. The Hall–Kier alpha value is -2.53. The summed E-state index contributed by atoms with van der Waals surface area (Å²) >= 11 is 0.964. The Morgan fingerprint density at radius 1 is 1.27 bits per heavy atom. The van der Waals surface area contributed by atoms with Gasteiger partial charge in [-0.25, -0.2) is 23.5 Å². The van der Waals surface area contributed by atoms with Gasteiger partial charge in [-0.3, -0.25) is 0 Å². The number of sulfonamides is 1. The van der Waals surface area contributed by atoms with E-state index < -0.39 is 16.3 Å². The molecule has 0 spiro atoms. The van der Waals surface area contributed by atoms with Gasteiger partial charge in [0.1, 0.15) is 12.0 Å². The van der Waals surface area contributed by atoms with Gasteiger partial charge in [-0.15, -0.1) is 0 Å². The van der Waals surface area contributed by atoms with E-state index >= 15 is 0 Å². The van der Waals surface area contributed by atoms with Crippen LogP contribution in [0.4, 0.5) is 5.13 Å². The Morgan fingerprint density at radius 2 is 2.03 bits per heavy atom. The molecule has 1 aliphatic carbocycles. The van der Waals surface area contributed by atoms with Gasteiger partial charge in [-0.1, -0.05) is 23.5 Å². The number of anilines is 1. The van der Waals surface area contributed by atoms with E-state index in [0.717, 1.165) is 22.5 Å². The minimum absolute atomic E-state index is 0.0163. The van der Waals surface area contributed by atoms with Crippen LogP contribution in [0.5, 0.6) is 11.6 Å². The maximum absolute atomic E-state index is 11.7. The molecule has 3 aromatic rings. The van der Waals surface area contributed by atoms with E-state index in [9.17, 15) is 13.5 Å². The van der Waals surface area contributed by atoms with E-state index in [1.165, 1.54) is 0 Å². The zero-order valence-corrected chi connectivity index (χ0v) is 18.2. The summed E-state index contributed by atoms with van der Waals surface area (Å²) in [5.41, 5.74) is 2.60. The summed E-state index contributed by atoms with van der Waals surface area (Å²) in [7, 11) is -2.13. The van der Waals surface area contributed by atoms with Crippen LogP contribution >= 0.6 is 11.3 Å². The van der Waals surface area contributed by atoms with Gasteiger partial charge < -0.3 is 14.7 Å². The number of aliphatic hydroxyl groups is 1. The third-order valence-electron chi connectivity index (χ3n) is 5.12. The summed E-state index contributed by atoms with van der Waals surface area (Å²) in [6.45, 7) is 1.59. The fourth-order valence-electron chi connectivity index (χ4n) is 3.64. The summed E-state index contributed by atoms with van der Waals surface area (Å²) in [6.07, 6.45) is 2.23. The Morgan fingerprint density at radius 3 is 2.70 bits per heavy atom. The third kappa shape index (κ3) is 4.17. The van der Waals surface area contributed by atoms with Crippen molar-refractivity contribution in [1.82, 2.24) is 9.97 Å². The first-order valence-corrected chi connectivity index (χ1v) is 11.7. The summed E-state index contributed by atoms with van der Waals surface area (Å²) in [5.74, 6) is 1.16.